The molecule has 0 atom stereocenters. The maximum atomic E-state index is 13.0. The van der Waals surface area contributed by atoms with E-state index in [0.29, 0.717) is 25.3 Å². The summed E-state index contributed by atoms with van der Waals surface area (Å²) in [4.78, 5) is 19.3. The zero-order valence-electron chi connectivity index (χ0n) is 16.9. The predicted octanol–water partition coefficient (Wildman–Crippen LogP) is 5.23. The van der Waals surface area contributed by atoms with Gasteiger partial charge < -0.3 is 4.74 Å². The molecule has 1 amide bonds. The van der Waals surface area contributed by atoms with E-state index in [1.54, 1.807) is 16.7 Å². The lowest BCUT2D eigenvalue weighted by Gasteiger charge is -2.18. The molecule has 28 heavy (non-hydrogen) atoms. The third kappa shape index (κ3) is 5.16. The minimum Gasteiger partial charge on any atom is -0.494 e. The molecule has 5 heteroatoms. The summed E-state index contributed by atoms with van der Waals surface area (Å²) >= 11 is 1.64. The Morgan fingerprint density at radius 2 is 1.96 bits per heavy atom. The van der Waals surface area contributed by atoms with Crippen LogP contribution in [0.4, 0.5) is 0 Å². The Labute approximate surface area is 172 Å². The molecule has 0 fully saturated rings. The van der Waals surface area contributed by atoms with Crippen LogP contribution in [0, 0.1) is 13.8 Å². The number of rotatable bonds is 7. The van der Waals surface area contributed by atoms with Gasteiger partial charge in [-0.3, -0.25) is 14.7 Å². The second kappa shape index (κ2) is 9.78. The average Bonchev–Trinajstić information content (AvgIpc) is 3.17. The minimum absolute atomic E-state index is 0.00447. The number of carbonyl (C=O) groups is 1. The van der Waals surface area contributed by atoms with Gasteiger partial charge in [0.05, 0.1) is 13.2 Å². The van der Waals surface area contributed by atoms with Gasteiger partial charge in [-0.1, -0.05) is 48.9 Å². The topological polar surface area (TPSA) is 41.9 Å². The normalized spacial score (nSPS) is 13.5. The van der Waals surface area contributed by atoms with Gasteiger partial charge >= 0.3 is 0 Å². The van der Waals surface area contributed by atoms with Crippen molar-refractivity contribution in [1.29, 1.82) is 0 Å². The minimum atomic E-state index is 0.00447. The first kappa shape index (κ1) is 20.5. The van der Waals surface area contributed by atoms with Gasteiger partial charge in [0.25, 0.3) is 5.91 Å². The van der Waals surface area contributed by atoms with Gasteiger partial charge in [0.15, 0.2) is 5.17 Å². The van der Waals surface area contributed by atoms with Crippen LogP contribution in [0.15, 0.2) is 47.5 Å². The Morgan fingerprint density at radius 3 is 2.71 bits per heavy atom. The fourth-order valence-electron chi connectivity index (χ4n) is 3.02. The number of aryl methyl sites for hydroxylation is 2. The second-order valence-corrected chi connectivity index (χ2v) is 8.01. The number of thioether (sulfide) groups is 1. The van der Waals surface area contributed by atoms with E-state index in [0.717, 1.165) is 29.5 Å². The van der Waals surface area contributed by atoms with E-state index in [9.17, 15) is 4.79 Å². The Kier molecular flexibility index (Phi) is 7.15. The lowest BCUT2D eigenvalue weighted by atomic mass is 10.1. The number of carbonyl (C=O) groups excluding carboxylic acids is 1. The van der Waals surface area contributed by atoms with Crippen molar-refractivity contribution in [2.75, 3.05) is 19.7 Å². The molecule has 1 aliphatic rings. The van der Waals surface area contributed by atoms with Gasteiger partial charge in [0.1, 0.15) is 5.75 Å². The van der Waals surface area contributed by atoms with Gasteiger partial charge in [-0.25, -0.2) is 0 Å². The van der Waals surface area contributed by atoms with Crippen LogP contribution >= 0.6 is 11.8 Å². The van der Waals surface area contributed by atoms with Gasteiger partial charge in [0.2, 0.25) is 0 Å². The number of nitrogens with zero attached hydrogens (tertiary/aromatic N) is 2. The van der Waals surface area contributed by atoms with Gasteiger partial charge in [-0.05, 0) is 55.7 Å². The summed E-state index contributed by atoms with van der Waals surface area (Å²) in [6.45, 7) is 8.38. The largest absolute Gasteiger partial charge is 0.494 e. The Morgan fingerprint density at radius 1 is 1.18 bits per heavy atom. The van der Waals surface area contributed by atoms with Gasteiger partial charge in [-0.15, -0.1) is 0 Å². The maximum absolute atomic E-state index is 13.0. The lowest BCUT2D eigenvalue weighted by Crippen LogP contribution is -2.32. The summed E-state index contributed by atoms with van der Waals surface area (Å²) in [5.41, 5.74) is 4.49. The fourth-order valence-corrected chi connectivity index (χ4v) is 4.13. The molecule has 0 bridgehead atoms. The third-order valence-electron chi connectivity index (χ3n) is 4.78. The van der Waals surface area contributed by atoms with Crippen LogP contribution in [0.1, 0.15) is 46.8 Å². The highest BCUT2D eigenvalue weighted by Crippen LogP contribution is 2.24. The van der Waals surface area contributed by atoms with E-state index in [1.165, 1.54) is 16.7 Å². The first-order valence-electron chi connectivity index (χ1n) is 9.86. The Hall–Kier alpha value is -2.27. The molecule has 0 aliphatic carbocycles. The van der Waals surface area contributed by atoms with Crippen LogP contribution in [-0.2, 0) is 5.75 Å². The molecule has 1 aliphatic heterocycles. The molecule has 0 saturated carbocycles. The van der Waals surface area contributed by atoms with E-state index in [2.05, 4.69) is 44.0 Å². The molecule has 0 radical (unpaired) electrons. The predicted molar refractivity (Wildman–Crippen MR) is 117 cm³/mol. The number of unbranched alkanes of at least 4 members (excludes halogenated alkanes) is 1. The van der Waals surface area contributed by atoms with Crippen molar-refractivity contribution >= 4 is 22.8 Å². The van der Waals surface area contributed by atoms with Crippen LogP contribution in [0.5, 0.6) is 5.75 Å². The number of hydrogen-bond acceptors (Lipinski definition) is 4. The molecular formula is C23H28N2O2S. The molecule has 3 rings (SSSR count). The monoisotopic (exact) mass is 396 g/mol. The lowest BCUT2D eigenvalue weighted by molar-refractivity contribution is 0.0860. The van der Waals surface area contributed by atoms with Crippen molar-refractivity contribution in [3.63, 3.8) is 0 Å². The number of benzene rings is 2. The van der Waals surface area contributed by atoms with Crippen molar-refractivity contribution in [1.82, 2.24) is 4.90 Å². The van der Waals surface area contributed by atoms with Crippen LogP contribution in [0.2, 0.25) is 0 Å². The molecule has 0 saturated heterocycles. The van der Waals surface area contributed by atoms with Gasteiger partial charge in [-0.2, -0.15) is 0 Å². The highest BCUT2D eigenvalue weighted by Gasteiger charge is 2.25. The zero-order chi connectivity index (χ0) is 19.9. The SMILES string of the molecule is CCCCOc1ccc(C(=O)N2CCN=C2SCc2cc(C)ccc2C)cc1. The number of amidine groups is 1. The van der Waals surface area contributed by atoms with E-state index < -0.39 is 0 Å². The van der Waals surface area contributed by atoms with Crippen LogP contribution in [-0.4, -0.2) is 35.7 Å². The molecule has 2 aromatic rings. The van der Waals surface area contributed by atoms with Gasteiger partial charge in [0, 0.05) is 17.9 Å². The van der Waals surface area contributed by atoms with E-state index >= 15 is 0 Å². The number of hydrogen-bond donors (Lipinski definition) is 0. The number of ether oxygens (including phenoxy) is 1. The molecule has 0 N–H and O–H groups in total. The van der Waals surface area contributed by atoms with Crippen molar-refractivity contribution in [3.8, 4) is 5.75 Å². The molecule has 0 unspecified atom stereocenters. The molecular weight excluding hydrogens is 368 g/mol. The molecule has 1 heterocycles. The maximum Gasteiger partial charge on any atom is 0.259 e. The van der Waals surface area contributed by atoms with Crippen molar-refractivity contribution < 1.29 is 9.53 Å². The van der Waals surface area contributed by atoms with E-state index in [4.69, 9.17) is 4.74 Å². The smallest absolute Gasteiger partial charge is 0.259 e. The summed E-state index contributed by atoms with van der Waals surface area (Å²) in [6.07, 6.45) is 2.14. The molecule has 4 nitrogen and oxygen atoms in total. The number of aliphatic imine (C=N–C) groups is 1. The Bertz CT molecular complexity index is 846. The third-order valence-corrected chi connectivity index (χ3v) is 5.84. The average molecular weight is 397 g/mol. The standard InChI is InChI=1S/C23H28N2O2S/c1-4-5-14-27-21-10-8-19(9-11-21)22(26)25-13-12-24-23(25)28-16-20-15-17(2)6-7-18(20)3/h6-11,15H,4-5,12-14,16H2,1-3H3. The second-order valence-electron chi connectivity index (χ2n) is 7.07. The summed E-state index contributed by atoms with van der Waals surface area (Å²) in [7, 11) is 0. The molecule has 0 aromatic heterocycles. The van der Waals surface area contributed by atoms with E-state index in [1.807, 2.05) is 24.3 Å². The van der Waals surface area contributed by atoms with Crippen molar-refractivity contribution in [2.45, 2.75) is 39.4 Å². The first-order valence-corrected chi connectivity index (χ1v) is 10.8. The van der Waals surface area contributed by atoms with E-state index in [-0.39, 0.29) is 5.91 Å². The quantitative estimate of drug-likeness (QED) is 0.602. The summed E-state index contributed by atoms with van der Waals surface area (Å²) in [5, 5.41) is 0.814. The molecule has 2 aromatic carbocycles. The first-order chi connectivity index (χ1) is 13.6. The Balaban J connectivity index is 1.61. The zero-order valence-corrected chi connectivity index (χ0v) is 17.7. The van der Waals surface area contributed by atoms with Crippen LogP contribution in [0.25, 0.3) is 0 Å². The molecule has 0 spiro atoms. The number of amides is 1. The summed E-state index contributed by atoms with van der Waals surface area (Å²) in [6, 6.07) is 13.9. The van der Waals surface area contributed by atoms with Crippen LogP contribution in [0.3, 0.4) is 0 Å². The molecule has 148 valence electrons. The highest BCUT2D eigenvalue weighted by molar-refractivity contribution is 8.13. The fraction of sp³-hybridized carbons (Fsp3) is 0.391. The van der Waals surface area contributed by atoms with Crippen molar-refractivity contribution in [3.05, 3.63) is 64.7 Å². The van der Waals surface area contributed by atoms with Crippen molar-refractivity contribution in [2.24, 2.45) is 4.99 Å². The summed E-state index contributed by atoms with van der Waals surface area (Å²) < 4.78 is 5.68. The highest BCUT2D eigenvalue weighted by atomic mass is 32.2. The van der Waals surface area contributed by atoms with Crippen LogP contribution < -0.4 is 4.74 Å². The summed E-state index contributed by atoms with van der Waals surface area (Å²) in [5.74, 6) is 1.63.